The molecule has 2 aromatic carbocycles. The number of hydrogen-bond donors (Lipinski definition) is 1. The summed E-state index contributed by atoms with van der Waals surface area (Å²) < 4.78 is 13.3. The van der Waals surface area contributed by atoms with Crippen LogP contribution in [0.25, 0.3) is 11.3 Å². The summed E-state index contributed by atoms with van der Waals surface area (Å²) in [6, 6.07) is 12.9. The number of hydrogen-bond acceptors (Lipinski definition) is 1. The Bertz CT molecular complexity index is 835. The highest BCUT2D eigenvalue weighted by Crippen LogP contribution is 2.39. The van der Waals surface area contributed by atoms with Crippen molar-refractivity contribution < 1.29 is 9.50 Å². The molecule has 1 N–H and O–H groups in total. The molecular formula is C21H19FO. The fourth-order valence-corrected chi connectivity index (χ4v) is 3.37. The van der Waals surface area contributed by atoms with Gasteiger partial charge in [0.05, 0.1) is 0 Å². The predicted molar refractivity (Wildman–Crippen MR) is 91.6 cm³/mol. The first-order chi connectivity index (χ1) is 11.1. The van der Waals surface area contributed by atoms with Crippen molar-refractivity contribution in [3.8, 4) is 0 Å². The third kappa shape index (κ3) is 2.59. The van der Waals surface area contributed by atoms with Gasteiger partial charge < -0.3 is 5.11 Å². The molecule has 1 nitrogen and oxygen atoms in total. The largest absolute Gasteiger partial charge is 0.507 e. The zero-order valence-corrected chi connectivity index (χ0v) is 13.2. The number of aryl methyl sites for hydroxylation is 1. The molecule has 0 atom stereocenters. The van der Waals surface area contributed by atoms with E-state index in [-0.39, 0.29) is 5.82 Å². The highest BCUT2D eigenvalue weighted by Gasteiger charge is 2.22. The summed E-state index contributed by atoms with van der Waals surface area (Å²) >= 11 is 0. The Hall–Kier alpha value is -2.35. The first kappa shape index (κ1) is 14.3. The monoisotopic (exact) mass is 306 g/mol. The van der Waals surface area contributed by atoms with Gasteiger partial charge in [-0.2, -0.15) is 0 Å². The van der Waals surface area contributed by atoms with Crippen LogP contribution in [0, 0.1) is 5.82 Å². The van der Waals surface area contributed by atoms with E-state index in [1.54, 1.807) is 0 Å². The van der Waals surface area contributed by atoms with Crippen molar-refractivity contribution >= 4 is 11.3 Å². The summed E-state index contributed by atoms with van der Waals surface area (Å²) in [5.41, 5.74) is 8.05. The first-order valence-corrected chi connectivity index (χ1v) is 8.14. The molecule has 1 fully saturated rings. The van der Waals surface area contributed by atoms with Crippen LogP contribution < -0.4 is 0 Å². The van der Waals surface area contributed by atoms with Crippen LogP contribution in [0.1, 0.15) is 48.4 Å². The molecule has 0 aliphatic heterocycles. The van der Waals surface area contributed by atoms with Crippen LogP contribution in [-0.2, 0) is 6.42 Å². The highest BCUT2D eigenvalue weighted by atomic mass is 19.1. The molecule has 2 aromatic rings. The lowest BCUT2D eigenvalue weighted by atomic mass is 9.82. The molecule has 2 aliphatic rings. The molecule has 0 amide bonds. The van der Waals surface area contributed by atoms with E-state index in [9.17, 15) is 9.50 Å². The number of allylic oxidation sites excluding steroid dienone is 2. The molecule has 0 heterocycles. The van der Waals surface area contributed by atoms with E-state index < -0.39 is 0 Å². The van der Waals surface area contributed by atoms with Crippen molar-refractivity contribution in [1.29, 1.82) is 0 Å². The quantitative estimate of drug-likeness (QED) is 0.710. The SMILES string of the molecule is CC1=C(c2ccc(F)cc2)c2cc(C(O)=C3CC3)ccc2CC1. The normalized spacial score (nSPS) is 16.3. The van der Waals surface area contributed by atoms with Crippen molar-refractivity contribution in [3.63, 3.8) is 0 Å². The molecule has 0 radical (unpaired) electrons. The van der Waals surface area contributed by atoms with Gasteiger partial charge in [-0.1, -0.05) is 29.8 Å². The maximum atomic E-state index is 13.3. The van der Waals surface area contributed by atoms with Gasteiger partial charge in [0.1, 0.15) is 11.6 Å². The van der Waals surface area contributed by atoms with E-state index in [1.807, 2.05) is 18.2 Å². The Morgan fingerprint density at radius 1 is 0.957 bits per heavy atom. The van der Waals surface area contributed by atoms with Gasteiger partial charge in [-0.05, 0) is 78.6 Å². The third-order valence-electron chi connectivity index (χ3n) is 4.82. The van der Waals surface area contributed by atoms with E-state index in [4.69, 9.17) is 0 Å². The summed E-state index contributed by atoms with van der Waals surface area (Å²) in [7, 11) is 0. The maximum Gasteiger partial charge on any atom is 0.123 e. The summed E-state index contributed by atoms with van der Waals surface area (Å²) in [4.78, 5) is 0. The maximum absolute atomic E-state index is 13.3. The Morgan fingerprint density at radius 2 is 1.70 bits per heavy atom. The molecule has 0 bridgehead atoms. The topological polar surface area (TPSA) is 20.2 Å². The molecule has 116 valence electrons. The Morgan fingerprint density at radius 3 is 2.39 bits per heavy atom. The number of halogens is 1. The van der Waals surface area contributed by atoms with Gasteiger partial charge >= 0.3 is 0 Å². The lowest BCUT2D eigenvalue weighted by molar-refractivity contribution is 0.509. The molecule has 2 heteroatoms. The number of rotatable bonds is 2. The Balaban J connectivity index is 1.86. The third-order valence-corrected chi connectivity index (χ3v) is 4.82. The van der Waals surface area contributed by atoms with E-state index in [0.717, 1.165) is 42.4 Å². The minimum Gasteiger partial charge on any atom is -0.507 e. The van der Waals surface area contributed by atoms with Gasteiger partial charge in [0, 0.05) is 5.56 Å². The summed E-state index contributed by atoms with van der Waals surface area (Å²) in [6.07, 6.45) is 4.04. The lowest BCUT2D eigenvalue weighted by Crippen LogP contribution is -2.06. The predicted octanol–water partition coefficient (Wildman–Crippen LogP) is 5.66. The molecule has 1 saturated carbocycles. The number of aliphatic hydroxyl groups is 1. The molecule has 2 aliphatic carbocycles. The van der Waals surface area contributed by atoms with E-state index in [2.05, 4.69) is 19.1 Å². The van der Waals surface area contributed by atoms with Crippen molar-refractivity contribution in [1.82, 2.24) is 0 Å². The van der Waals surface area contributed by atoms with Crippen LogP contribution in [0.4, 0.5) is 4.39 Å². The molecular weight excluding hydrogens is 287 g/mol. The standard InChI is InChI=1S/C21H19FO/c1-13-2-3-14-4-7-17(21(23)16-5-6-16)12-19(14)20(13)15-8-10-18(22)11-9-15/h4,7-12,23H,2-3,5-6H2,1H3. The highest BCUT2D eigenvalue weighted by molar-refractivity contribution is 5.86. The summed E-state index contributed by atoms with van der Waals surface area (Å²) in [5.74, 6) is 0.224. The van der Waals surface area contributed by atoms with Crippen LogP contribution in [0.5, 0.6) is 0 Å². The second kappa shape index (κ2) is 5.38. The number of fused-ring (bicyclic) bond motifs is 1. The zero-order chi connectivity index (χ0) is 16.0. The second-order valence-corrected chi connectivity index (χ2v) is 6.49. The number of aliphatic hydroxyl groups excluding tert-OH is 1. The van der Waals surface area contributed by atoms with E-state index >= 15 is 0 Å². The van der Waals surface area contributed by atoms with Crippen LogP contribution in [-0.4, -0.2) is 5.11 Å². The molecule has 0 unspecified atom stereocenters. The minimum absolute atomic E-state index is 0.215. The van der Waals surface area contributed by atoms with Gasteiger partial charge in [-0.25, -0.2) is 4.39 Å². The van der Waals surface area contributed by atoms with Crippen molar-refractivity contribution in [2.24, 2.45) is 0 Å². The molecule has 4 rings (SSSR count). The smallest absolute Gasteiger partial charge is 0.123 e. The fourth-order valence-electron chi connectivity index (χ4n) is 3.37. The fraction of sp³-hybridized carbons (Fsp3) is 0.238. The molecule has 23 heavy (non-hydrogen) atoms. The first-order valence-electron chi connectivity index (χ1n) is 8.14. The van der Waals surface area contributed by atoms with Crippen molar-refractivity contribution in [2.45, 2.75) is 32.6 Å². The Labute approximate surface area is 135 Å². The van der Waals surface area contributed by atoms with Gasteiger partial charge in [0.25, 0.3) is 0 Å². The number of benzene rings is 2. The van der Waals surface area contributed by atoms with Gasteiger partial charge in [0.2, 0.25) is 0 Å². The average Bonchev–Trinajstić information content (AvgIpc) is 3.40. The molecule has 0 spiro atoms. The second-order valence-electron chi connectivity index (χ2n) is 6.49. The van der Waals surface area contributed by atoms with Gasteiger partial charge in [-0.15, -0.1) is 0 Å². The van der Waals surface area contributed by atoms with Crippen molar-refractivity contribution in [2.75, 3.05) is 0 Å². The summed E-state index contributed by atoms with van der Waals surface area (Å²) in [5, 5.41) is 10.3. The van der Waals surface area contributed by atoms with E-state index in [0.29, 0.717) is 5.76 Å². The Kier molecular flexibility index (Phi) is 3.33. The zero-order valence-electron chi connectivity index (χ0n) is 13.2. The van der Waals surface area contributed by atoms with Crippen LogP contribution in [0.3, 0.4) is 0 Å². The van der Waals surface area contributed by atoms with Crippen LogP contribution >= 0.6 is 0 Å². The molecule has 0 aromatic heterocycles. The van der Waals surface area contributed by atoms with Crippen molar-refractivity contribution in [3.05, 3.63) is 81.7 Å². The van der Waals surface area contributed by atoms with Crippen LogP contribution in [0.15, 0.2) is 53.6 Å². The van der Waals surface area contributed by atoms with Gasteiger partial charge in [0.15, 0.2) is 0 Å². The lowest BCUT2D eigenvalue weighted by Gasteiger charge is -2.23. The molecule has 0 saturated heterocycles. The minimum atomic E-state index is -0.215. The average molecular weight is 306 g/mol. The van der Waals surface area contributed by atoms with E-state index in [1.165, 1.54) is 34.4 Å². The van der Waals surface area contributed by atoms with Gasteiger partial charge in [-0.3, -0.25) is 0 Å². The summed E-state index contributed by atoms with van der Waals surface area (Å²) in [6.45, 7) is 2.15. The van der Waals surface area contributed by atoms with Crippen LogP contribution in [0.2, 0.25) is 0 Å².